The smallest absolute Gasteiger partial charge is 0.238 e. The Hall–Kier alpha value is -1.39. The molecule has 1 aromatic carbocycles. The number of ether oxygens (including phenoxy) is 1. The Bertz CT molecular complexity index is 456. The first-order valence-corrected chi connectivity index (χ1v) is 6.93. The topological polar surface area (TPSA) is 64.4 Å². The Labute approximate surface area is 113 Å². The number of rotatable bonds is 4. The van der Waals surface area contributed by atoms with E-state index >= 15 is 0 Å². The molecule has 4 nitrogen and oxygen atoms in total. The van der Waals surface area contributed by atoms with Gasteiger partial charge in [0.05, 0.1) is 6.10 Å². The van der Waals surface area contributed by atoms with Crippen LogP contribution in [0.4, 0.5) is 0 Å². The van der Waals surface area contributed by atoms with E-state index in [1.54, 1.807) is 0 Å². The zero-order valence-electron chi connectivity index (χ0n) is 11.0. The highest BCUT2D eigenvalue weighted by Crippen LogP contribution is 2.30. The van der Waals surface area contributed by atoms with Crippen molar-refractivity contribution in [2.75, 3.05) is 13.2 Å². The van der Waals surface area contributed by atoms with Crippen molar-refractivity contribution in [2.45, 2.75) is 37.3 Å². The lowest BCUT2D eigenvalue weighted by atomic mass is 9.94. The van der Waals surface area contributed by atoms with Gasteiger partial charge in [-0.3, -0.25) is 4.79 Å². The van der Waals surface area contributed by atoms with E-state index in [2.05, 4.69) is 17.4 Å². The van der Waals surface area contributed by atoms with E-state index in [1.165, 1.54) is 11.1 Å². The summed E-state index contributed by atoms with van der Waals surface area (Å²) in [7, 11) is 0. The number of fused-ring (bicyclic) bond motifs is 1. The molecule has 0 saturated carbocycles. The summed E-state index contributed by atoms with van der Waals surface area (Å²) in [6.45, 7) is 1.53. The van der Waals surface area contributed by atoms with E-state index < -0.39 is 5.54 Å². The molecule has 0 bridgehead atoms. The van der Waals surface area contributed by atoms with Gasteiger partial charge in [0.1, 0.15) is 5.54 Å². The number of hydrogen-bond acceptors (Lipinski definition) is 3. The first-order chi connectivity index (χ1) is 9.20. The maximum atomic E-state index is 11.9. The van der Waals surface area contributed by atoms with Crippen molar-refractivity contribution in [3.63, 3.8) is 0 Å². The number of benzene rings is 1. The minimum absolute atomic E-state index is 0.222. The fourth-order valence-corrected chi connectivity index (χ4v) is 3.12. The summed E-state index contributed by atoms with van der Waals surface area (Å²) in [6, 6.07) is 8.17. The predicted molar refractivity (Wildman–Crippen MR) is 72.8 cm³/mol. The molecular weight excluding hydrogens is 240 g/mol. The molecule has 19 heavy (non-hydrogen) atoms. The lowest BCUT2D eigenvalue weighted by molar-refractivity contribution is -0.124. The third kappa shape index (κ3) is 2.38. The third-order valence-electron chi connectivity index (χ3n) is 4.27. The summed E-state index contributed by atoms with van der Waals surface area (Å²) in [5.41, 5.74) is 7.47. The van der Waals surface area contributed by atoms with Crippen LogP contribution >= 0.6 is 0 Å². The van der Waals surface area contributed by atoms with Crippen LogP contribution in [-0.4, -0.2) is 30.7 Å². The van der Waals surface area contributed by atoms with E-state index in [0.717, 1.165) is 19.4 Å². The predicted octanol–water partition coefficient (Wildman–Crippen LogP) is 0.778. The minimum atomic E-state index is -0.629. The van der Waals surface area contributed by atoms with Crippen molar-refractivity contribution in [3.05, 3.63) is 35.4 Å². The van der Waals surface area contributed by atoms with Crippen molar-refractivity contribution in [2.24, 2.45) is 5.73 Å². The van der Waals surface area contributed by atoms with Gasteiger partial charge in [0.2, 0.25) is 5.91 Å². The number of primary amides is 1. The number of nitrogens with one attached hydrogen (secondary N) is 1. The van der Waals surface area contributed by atoms with Crippen LogP contribution in [0.1, 0.15) is 24.0 Å². The van der Waals surface area contributed by atoms with Gasteiger partial charge in [-0.1, -0.05) is 24.3 Å². The first kappa shape index (κ1) is 12.6. The molecule has 1 heterocycles. The first-order valence-electron chi connectivity index (χ1n) is 6.93. The molecule has 1 aliphatic heterocycles. The van der Waals surface area contributed by atoms with Crippen LogP contribution in [0, 0.1) is 0 Å². The second-order valence-electron chi connectivity index (χ2n) is 5.58. The standard InChI is InChI=1S/C15H20N2O2/c16-14(18)15(17-10-13-6-3-7-19-13)8-11-4-1-2-5-12(11)9-15/h1-2,4-5,13,17H,3,6-10H2,(H2,16,18). The Morgan fingerprint density at radius 2 is 2.05 bits per heavy atom. The van der Waals surface area contributed by atoms with Gasteiger partial charge in [0.15, 0.2) is 0 Å². The monoisotopic (exact) mass is 260 g/mol. The molecule has 3 N–H and O–H groups in total. The molecule has 1 aliphatic carbocycles. The zero-order chi connectivity index (χ0) is 13.3. The average Bonchev–Trinajstić information content (AvgIpc) is 3.04. The summed E-state index contributed by atoms with van der Waals surface area (Å²) in [4.78, 5) is 11.9. The number of carbonyl (C=O) groups is 1. The molecule has 0 spiro atoms. The van der Waals surface area contributed by atoms with Crippen molar-refractivity contribution in [1.29, 1.82) is 0 Å². The molecule has 1 amide bonds. The summed E-state index contributed by atoms with van der Waals surface area (Å²) < 4.78 is 5.60. The van der Waals surface area contributed by atoms with Crippen LogP contribution in [-0.2, 0) is 22.4 Å². The molecule has 3 rings (SSSR count). The van der Waals surface area contributed by atoms with Crippen LogP contribution in [0.3, 0.4) is 0 Å². The van der Waals surface area contributed by atoms with Crippen molar-refractivity contribution >= 4 is 5.91 Å². The summed E-state index contributed by atoms with van der Waals surface area (Å²) in [5.74, 6) is -0.262. The fraction of sp³-hybridized carbons (Fsp3) is 0.533. The normalized spacial score (nSPS) is 24.3. The van der Waals surface area contributed by atoms with Crippen LogP contribution in [0.5, 0.6) is 0 Å². The molecule has 1 unspecified atom stereocenters. The fourth-order valence-electron chi connectivity index (χ4n) is 3.12. The molecule has 1 aromatic rings. The maximum absolute atomic E-state index is 11.9. The molecule has 2 aliphatic rings. The minimum Gasteiger partial charge on any atom is -0.377 e. The molecule has 1 fully saturated rings. The second kappa shape index (κ2) is 4.94. The lowest BCUT2D eigenvalue weighted by Crippen LogP contribution is -2.58. The highest BCUT2D eigenvalue weighted by atomic mass is 16.5. The number of carbonyl (C=O) groups excluding carboxylic acids is 1. The van der Waals surface area contributed by atoms with Crippen molar-refractivity contribution < 1.29 is 9.53 Å². The van der Waals surface area contributed by atoms with Gasteiger partial charge in [0, 0.05) is 26.0 Å². The maximum Gasteiger partial charge on any atom is 0.238 e. The summed E-state index contributed by atoms with van der Waals surface area (Å²) in [5, 5.41) is 3.38. The molecule has 0 radical (unpaired) electrons. The second-order valence-corrected chi connectivity index (χ2v) is 5.58. The number of nitrogens with two attached hydrogens (primary N) is 1. The number of hydrogen-bond donors (Lipinski definition) is 2. The molecule has 102 valence electrons. The van der Waals surface area contributed by atoms with Crippen LogP contribution < -0.4 is 11.1 Å². The van der Waals surface area contributed by atoms with Crippen LogP contribution in [0.25, 0.3) is 0 Å². The number of amides is 1. The van der Waals surface area contributed by atoms with Crippen LogP contribution in [0.2, 0.25) is 0 Å². The lowest BCUT2D eigenvalue weighted by Gasteiger charge is -2.28. The quantitative estimate of drug-likeness (QED) is 0.841. The van der Waals surface area contributed by atoms with Gasteiger partial charge in [-0.25, -0.2) is 0 Å². The highest BCUT2D eigenvalue weighted by molar-refractivity contribution is 5.86. The van der Waals surface area contributed by atoms with E-state index in [-0.39, 0.29) is 12.0 Å². The highest BCUT2D eigenvalue weighted by Gasteiger charge is 2.42. The van der Waals surface area contributed by atoms with E-state index in [4.69, 9.17) is 10.5 Å². The van der Waals surface area contributed by atoms with Crippen molar-refractivity contribution in [3.8, 4) is 0 Å². The third-order valence-corrected chi connectivity index (χ3v) is 4.27. The average molecular weight is 260 g/mol. The molecule has 1 saturated heterocycles. The van der Waals surface area contributed by atoms with E-state index in [0.29, 0.717) is 19.4 Å². The molecule has 4 heteroatoms. The van der Waals surface area contributed by atoms with E-state index in [9.17, 15) is 4.79 Å². The summed E-state index contributed by atoms with van der Waals surface area (Å²) in [6.07, 6.45) is 3.77. The van der Waals surface area contributed by atoms with Gasteiger partial charge in [-0.2, -0.15) is 0 Å². The Morgan fingerprint density at radius 3 is 2.58 bits per heavy atom. The summed E-state index contributed by atoms with van der Waals surface area (Å²) >= 11 is 0. The van der Waals surface area contributed by atoms with Gasteiger partial charge >= 0.3 is 0 Å². The molecule has 1 atom stereocenters. The van der Waals surface area contributed by atoms with Gasteiger partial charge in [-0.15, -0.1) is 0 Å². The zero-order valence-corrected chi connectivity index (χ0v) is 11.0. The van der Waals surface area contributed by atoms with E-state index in [1.807, 2.05) is 12.1 Å². The largest absolute Gasteiger partial charge is 0.377 e. The Balaban J connectivity index is 1.73. The van der Waals surface area contributed by atoms with Gasteiger partial charge in [-0.05, 0) is 24.0 Å². The van der Waals surface area contributed by atoms with Gasteiger partial charge in [0.25, 0.3) is 0 Å². The van der Waals surface area contributed by atoms with Gasteiger partial charge < -0.3 is 15.8 Å². The van der Waals surface area contributed by atoms with Crippen LogP contribution in [0.15, 0.2) is 24.3 Å². The Morgan fingerprint density at radius 1 is 1.37 bits per heavy atom. The SMILES string of the molecule is NC(=O)C1(NCC2CCCO2)Cc2ccccc2C1. The Kier molecular flexibility index (Phi) is 3.29. The molecular formula is C15H20N2O2. The van der Waals surface area contributed by atoms with Crippen molar-refractivity contribution in [1.82, 2.24) is 5.32 Å². The molecule has 0 aromatic heterocycles.